The van der Waals surface area contributed by atoms with Gasteiger partial charge >= 0.3 is 21.1 Å². The van der Waals surface area contributed by atoms with Crippen LogP contribution in [0.4, 0.5) is 8.78 Å². The molecule has 1 saturated heterocycles. The van der Waals surface area contributed by atoms with Gasteiger partial charge in [-0.05, 0) is 18.4 Å². The predicted octanol–water partition coefficient (Wildman–Crippen LogP) is 1.08. The van der Waals surface area contributed by atoms with Crippen LogP contribution in [0.5, 0.6) is 0 Å². The molecule has 3 amide bonds. The molecule has 1 atom stereocenters. The van der Waals surface area contributed by atoms with Gasteiger partial charge in [0.25, 0.3) is 0 Å². The molecule has 1 heterocycles. The number of piperidine rings is 1. The molecule has 0 aromatic heterocycles. The summed E-state index contributed by atoms with van der Waals surface area (Å²) >= 11 is 0. The maximum atomic E-state index is 12.9. The van der Waals surface area contributed by atoms with Crippen LogP contribution in [0.25, 0.3) is 5.32 Å². The summed E-state index contributed by atoms with van der Waals surface area (Å²) in [6.45, 7) is 0. The molecule has 1 N–H and O–H groups in total. The first-order valence-electron chi connectivity index (χ1n) is 5.43. The molecule has 1 aromatic carbocycles. The Morgan fingerprint density at radius 1 is 1.35 bits per heavy atom. The number of rotatable bonds is 2. The Morgan fingerprint density at radius 2 is 2.05 bits per heavy atom. The first-order valence-corrected chi connectivity index (χ1v) is 5.43. The normalized spacial score (nSPS) is 18.0. The average Bonchev–Trinajstić information content (AvgIpc) is 2.31. The van der Waals surface area contributed by atoms with Crippen molar-refractivity contribution in [3.8, 4) is 0 Å². The van der Waals surface area contributed by atoms with E-state index in [0.29, 0.717) is 6.07 Å². The standard InChI is InChI=1S/C12H9F2N2O3.W/c13-7-3-6(4-8(14)5-7)11(18)15-9-1-2-10(17)16-12(9)19;/h3,5,9H,1-2H2,(H2,15,16,17,18,19);/q-1;+2/p-1. The second kappa shape index (κ2) is 6.70. The third-order valence-corrected chi connectivity index (χ3v) is 2.51. The molecule has 0 spiro atoms. The first kappa shape index (κ1) is 16.4. The maximum Gasteiger partial charge on any atom is 2.00 e. The van der Waals surface area contributed by atoms with Gasteiger partial charge in [-0.15, -0.1) is 17.7 Å². The molecule has 1 aliphatic rings. The molecule has 0 aliphatic carbocycles. The Kier molecular flexibility index (Phi) is 5.50. The molecule has 104 valence electrons. The molecule has 1 aromatic rings. The van der Waals surface area contributed by atoms with E-state index < -0.39 is 41.0 Å². The van der Waals surface area contributed by atoms with Gasteiger partial charge in [-0.2, -0.15) is 0 Å². The van der Waals surface area contributed by atoms with Crippen LogP contribution in [0.2, 0.25) is 0 Å². The van der Waals surface area contributed by atoms with Gasteiger partial charge in [0.15, 0.2) is 0 Å². The molecular formula is C12H8F2N2O3W. The summed E-state index contributed by atoms with van der Waals surface area (Å²) in [5.41, 5.74) is -0.401. The smallest absolute Gasteiger partial charge is 0.684 e. The Bertz CT molecular complexity index is 545. The fraction of sp³-hybridized carbons (Fsp3) is 0.250. The Morgan fingerprint density at radius 3 is 2.65 bits per heavy atom. The second-order valence-corrected chi connectivity index (χ2v) is 3.96. The number of hydrogen-bond donors (Lipinski definition) is 1. The van der Waals surface area contributed by atoms with Gasteiger partial charge in [-0.1, -0.05) is 6.07 Å². The van der Waals surface area contributed by atoms with Crippen LogP contribution in [0, 0.1) is 17.7 Å². The summed E-state index contributed by atoms with van der Waals surface area (Å²) in [5, 5.41) is 5.56. The SMILES string of the molecule is O=C1CCC([N-]C(=O)c2[c-]c(F)cc(F)c2)C(=O)N1.[W+2]. The molecule has 1 aliphatic heterocycles. The number of nitrogens with one attached hydrogen (secondary N) is 1. The summed E-state index contributed by atoms with van der Waals surface area (Å²) < 4.78 is 25.8. The van der Waals surface area contributed by atoms with Gasteiger partial charge < -0.3 is 10.1 Å². The molecule has 20 heavy (non-hydrogen) atoms. The van der Waals surface area contributed by atoms with E-state index in [4.69, 9.17) is 0 Å². The van der Waals surface area contributed by atoms with Crippen molar-refractivity contribution in [2.24, 2.45) is 0 Å². The average molecular weight is 450 g/mol. The number of amides is 3. The molecule has 5 nitrogen and oxygen atoms in total. The number of carbonyl (C=O) groups excluding carboxylic acids is 3. The molecule has 0 saturated carbocycles. The van der Waals surface area contributed by atoms with Gasteiger partial charge in [-0.25, -0.2) is 8.78 Å². The van der Waals surface area contributed by atoms with Crippen molar-refractivity contribution in [2.45, 2.75) is 18.9 Å². The zero-order chi connectivity index (χ0) is 14.0. The van der Waals surface area contributed by atoms with Crippen LogP contribution < -0.4 is 5.32 Å². The number of hydrogen-bond acceptors (Lipinski definition) is 3. The summed E-state index contributed by atoms with van der Waals surface area (Å²) in [7, 11) is 0. The number of benzene rings is 1. The summed E-state index contributed by atoms with van der Waals surface area (Å²) in [4.78, 5) is 33.9. The van der Waals surface area contributed by atoms with Gasteiger partial charge in [-0.3, -0.25) is 14.9 Å². The molecule has 1 fully saturated rings. The van der Waals surface area contributed by atoms with E-state index in [1.165, 1.54) is 0 Å². The summed E-state index contributed by atoms with van der Waals surface area (Å²) in [6.07, 6.45) is 0.155. The minimum Gasteiger partial charge on any atom is -0.684 e. The van der Waals surface area contributed by atoms with Crippen molar-refractivity contribution in [3.05, 3.63) is 40.7 Å². The van der Waals surface area contributed by atoms with Gasteiger partial charge in [0.2, 0.25) is 11.8 Å². The van der Waals surface area contributed by atoms with E-state index in [2.05, 4.69) is 5.32 Å². The van der Waals surface area contributed by atoms with Crippen molar-refractivity contribution < 1.29 is 44.2 Å². The summed E-state index contributed by atoms with van der Waals surface area (Å²) in [5.74, 6) is -4.04. The minimum absolute atomic E-state index is 0. The Hall–Kier alpha value is -1.62. The first-order chi connectivity index (χ1) is 8.95. The number of carbonyl (C=O) groups is 3. The minimum atomic E-state index is -1.03. The monoisotopic (exact) mass is 450 g/mol. The molecular weight excluding hydrogens is 442 g/mol. The van der Waals surface area contributed by atoms with Crippen LogP contribution in [-0.2, 0) is 30.7 Å². The van der Waals surface area contributed by atoms with Crippen LogP contribution in [0.15, 0.2) is 12.1 Å². The molecule has 0 radical (unpaired) electrons. The Labute approximate surface area is 127 Å². The fourth-order valence-electron chi connectivity index (χ4n) is 1.63. The van der Waals surface area contributed by atoms with E-state index >= 15 is 0 Å². The van der Waals surface area contributed by atoms with Crippen molar-refractivity contribution in [1.29, 1.82) is 0 Å². The molecule has 2 rings (SSSR count). The van der Waals surface area contributed by atoms with Crippen molar-refractivity contribution in [1.82, 2.24) is 5.32 Å². The molecule has 1 unspecified atom stereocenters. The third kappa shape index (κ3) is 3.93. The van der Waals surface area contributed by atoms with Crippen LogP contribution in [0.1, 0.15) is 23.2 Å². The van der Waals surface area contributed by atoms with Crippen LogP contribution in [-0.4, -0.2) is 23.8 Å². The quantitative estimate of drug-likeness (QED) is 0.542. The number of nitrogens with zero attached hydrogens (tertiary/aromatic N) is 1. The zero-order valence-electron chi connectivity index (χ0n) is 9.98. The van der Waals surface area contributed by atoms with E-state index in [-0.39, 0.29) is 33.9 Å². The van der Waals surface area contributed by atoms with Crippen LogP contribution >= 0.6 is 0 Å². The molecule has 8 heteroatoms. The molecule has 0 bridgehead atoms. The van der Waals surface area contributed by atoms with Gasteiger partial charge in [0.1, 0.15) is 0 Å². The maximum absolute atomic E-state index is 12.9. The van der Waals surface area contributed by atoms with E-state index in [1.54, 1.807) is 0 Å². The fourth-order valence-corrected chi connectivity index (χ4v) is 1.63. The van der Waals surface area contributed by atoms with Crippen molar-refractivity contribution in [2.75, 3.05) is 0 Å². The zero-order valence-corrected chi connectivity index (χ0v) is 12.9. The topological polar surface area (TPSA) is 77.3 Å². The van der Waals surface area contributed by atoms with Gasteiger partial charge in [0.05, 0.1) is 0 Å². The number of imide groups is 1. The van der Waals surface area contributed by atoms with E-state index in [0.717, 1.165) is 6.07 Å². The predicted molar refractivity (Wildman–Crippen MR) is 59.1 cm³/mol. The van der Waals surface area contributed by atoms with Crippen molar-refractivity contribution in [3.63, 3.8) is 0 Å². The second-order valence-electron chi connectivity index (χ2n) is 3.96. The largest absolute Gasteiger partial charge is 2.00 e. The van der Waals surface area contributed by atoms with E-state index in [9.17, 15) is 23.2 Å². The van der Waals surface area contributed by atoms with Crippen LogP contribution in [0.3, 0.4) is 0 Å². The summed E-state index contributed by atoms with van der Waals surface area (Å²) in [6, 6.07) is 2.34. The number of halogens is 2. The Balaban J connectivity index is 0.00000200. The van der Waals surface area contributed by atoms with Crippen molar-refractivity contribution >= 4 is 17.7 Å². The van der Waals surface area contributed by atoms with Gasteiger partial charge in [0, 0.05) is 18.1 Å². The third-order valence-electron chi connectivity index (χ3n) is 2.51. The van der Waals surface area contributed by atoms with E-state index in [1.807, 2.05) is 11.4 Å².